The van der Waals surface area contributed by atoms with Crippen molar-refractivity contribution in [3.05, 3.63) is 150 Å². The van der Waals surface area contributed by atoms with Crippen LogP contribution in [0.2, 0.25) is 0 Å². The van der Waals surface area contributed by atoms with E-state index in [-0.39, 0.29) is 34.8 Å². The van der Waals surface area contributed by atoms with Gasteiger partial charge in [-0.3, -0.25) is 5.43 Å². The number of carbonyl (C=O) groups is 4. The zero-order valence-corrected chi connectivity index (χ0v) is 42.0. The van der Waals surface area contributed by atoms with Gasteiger partial charge in [0.05, 0.1) is 39.7 Å². The van der Waals surface area contributed by atoms with Crippen LogP contribution in [0.4, 0.5) is 5.13 Å². The van der Waals surface area contributed by atoms with Gasteiger partial charge >= 0.3 is 23.9 Å². The first-order valence-electron chi connectivity index (χ1n) is 22.6. The van der Waals surface area contributed by atoms with Crippen molar-refractivity contribution in [2.24, 2.45) is 5.10 Å². The smallest absolute Gasteiger partial charge is 0.343 e. The summed E-state index contributed by atoms with van der Waals surface area (Å²) in [6, 6.07) is 30.4. The number of ether oxygens (including phenoxy) is 7. The summed E-state index contributed by atoms with van der Waals surface area (Å²) >= 11 is 1.45. The second-order valence-corrected chi connectivity index (χ2v) is 20.5. The molecule has 6 aromatic rings. The molecule has 0 fully saturated rings. The van der Waals surface area contributed by atoms with Crippen molar-refractivity contribution in [3.63, 3.8) is 0 Å². The van der Waals surface area contributed by atoms with Crippen molar-refractivity contribution < 1.29 is 52.3 Å². The van der Waals surface area contributed by atoms with E-state index in [1.165, 1.54) is 41.8 Å². The molecule has 14 nitrogen and oxygen atoms in total. The molecular formula is C55H59N3O11S. The van der Waals surface area contributed by atoms with E-state index in [0.717, 1.165) is 21.9 Å². The quantitative estimate of drug-likeness (QED) is 0.0268. The second kappa shape index (κ2) is 21.8. The molecule has 6 rings (SSSR count). The molecule has 0 amide bonds. The number of hydrazone groups is 1. The lowest BCUT2D eigenvalue weighted by Crippen LogP contribution is -2.40. The minimum atomic E-state index is -0.801. The highest BCUT2D eigenvalue weighted by Crippen LogP contribution is 2.35. The highest BCUT2D eigenvalue weighted by Gasteiger charge is 2.33. The van der Waals surface area contributed by atoms with Crippen molar-refractivity contribution >= 4 is 56.8 Å². The summed E-state index contributed by atoms with van der Waals surface area (Å²) in [7, 11) is 0. The van der Waals surface area contributed by atoms with E-state index >= 15 is 0 Å². The molecule has 0 aliphatic heterocycles. The van der Waals surface area contributed by atoms with Crippen molar-refractivity contribution in [2.75, 3.05) is 12.0 Å². The molecule has 70 heavy (non-hydrogen) atoms. The minimum absolute atomic E-state index is 0.0339. The summed E-state index contributed by atoms with van der Waals surface area (Å²) in [6.07, 6.45) is 3.38. The predicted molar refractivity (Wildman–Crippen MR) is 271 cm³/mol. The van der Waals surface area contributed by atoms with Gasteiger partial charge in [0.25, 0.3) is 0 Å². The van der Waals surface area contributed by atoms with Crippen molar-refractivity contribution in [2.45, 2.75) is 104 Å². The largest absolute Gasteiger partial charge is 0.488 e. The summed E-state index contributed by atoms with van der Waals surface area (Å²) in [4.78, 5) is 56.1. The third kappa shape index (κ3) is 15.5. The zero-order valence-electron chi connectivity index (χ0n) is 41.2. The van der Waals surface area contributed by atoms with Gasteiger partial charge in [-0.1, -0.05) is 36.1 Å². The number of carbonyl (C=O) groups excluding carboxylic acids is 4. The molecule has 15 heteroatoms. The lowest BCUT2D eigenvalue weighted by molar-refractivity contribution is -0.154. The van der Waals surface area contributed by atoms with Crippen molar-refractivity contribution in [1.29, 1.82) is 0 Å². The number of aromatic nitrogens is 1. The molecule has 5 aromatic carbocycles. The highest BCUT2D eigenvalue weighted by atomic mass is 32.1. The fraction of sp³-hybridized carbons (Fsp3) is 0.309. The first kappa shape index (κ1) is 51.9. The van der Waals surface area contributed by atoms with Crippen LogP contribution < -0.4 is 29.1 Å². The molecule has 0 saturated heterocycles. The molecule has 1 heterocycles. The van der Waals surface area contributed by atoms with E-state index in [1.54, 1.807) is 74.5 Å². The summed E-state index contributed by atoms with van der Waals surface area (Å²) in [6.45, 7) is 22.4. The molecule has 0 radical (unpaired) electrons. The number of esters is 4. The fourth-order valence-corrected chi connectivity index (χ4v) is 8.02. The molecular weight excluding hydrogens is 911 g/mol. The lowest BCUT2D eigenvalue weighted by Gasteiger charge is -2.34. The first-order valence-corrected chi connectivity index (χ1v) is 23.4. The number of nitrogens with zero attached hydrogens (tertiary/aromatic N) is 2. The summed E-state index contributed by atoms with van der Waals surface area (Å²) in [5.41, 5.74) is 3.29. The van der Waals surface area contributed by atoms with Gasteiger partial charge in [0, 0.05) is 24.5 Å². The van der Waals surface area contributed by atoms with E-state index in [0.29, 0.717) is 40.8 Å². The van der Waals surface area contributed by atoms with Crippen LogP contribution >= 0.6 is 11.3 Å². The molecule has 0 bridgehead atoms. The second-order valence-electron chi connectivity index (χ2n) is 19.5. The number of nitrogens with one attached hydrogen (secondary N) is 1. The van der Waals surface area contributed by atoms with Gasteiger partial charge in [0.2, 0.25) is 5.13 Å². The third-order valence-electron chi connectivity index (χ3n) is 9.75. The molecule has 1 N–H and O–H groups in total. The Bertz CT molecular complexity index is 2840. The normalized spacial score (nSPS) is 12.0. The molecule has 0 saturated carbocycles. The maximum absolute atomic E-state index is 13.7. The van der Waals surface area contributed by atoms with Gasteiger partial charge in [-0.2, -0.15) is 5.10 Å². The van der Waals surface area contributed by atoms with Crippen LogP contribution in [-0.2, 0) is 20.7 Å². The Kier molecular flexibility index (Phi) is 16.2. The van der Waals surface area contributed by atoms with Crippen LogP contribution in [0.5, 0.6) is 28.7 Å². The summed E-state index contributed by atoms with van der Waals surface area (Å²) < 4.78 is 42.1. The summed E-state index contributed by atoms with van der Waals surface area (Å²) in [5, 5.41) is 5.00. The molecule has 366 valence electrons. The van der Waals surface area contributed by atoms with Gasteiger partial charge in [0.15, 0.2) is 11.5 Å². The molecule has 0 spiro atoms. The number of benzene rings is 5. The van der Waals surface area contributed by atoms with Crippen LogP contribution in [0.1, 0.15) is 118 Å². The fourth-order valence-electron chi connectivity index (χ4n) is 7.20. The van der Waals surface area contributed by atoms with E-state index in [4.69, 9.17) is 33.2 Å². The van der Waals surface area contributed by atoms with Gasteiger partial charge in [-0.25, -0.2) is 24.2 Å². The van der Waals surface area contributed by atoms with Crippen LogP contribution in [0, 0.1) is 0 Å². The standard InChI is InChI=1S/C55H59N3O11S/c1-12-47(59)69-55(10,11)34-54(8,9)66-41-25-20-37(21-26-41)49(61)64-40-23-18-36(19-24-40)48(60)63-30-29-35-17-27-43(39(31-35)33-56-58-51-57-42-15-13-14-16-46(42)70-51)65-50(62)38-22-28-44(67-52(2,3)4)45(32-38)68-53(5,6)7/h12-28,31-33H,1,29-30,34H2,2-11H3,(H,57,58)/b56-33+. The number of thiazole rings is 1. The predicted octanol–water partition coefficient (Wildman–Crippen LogP) is 12.0. The van der Waals surface area contributed by atoms with Crippen LogP contribution in [0.15, 0.2) is 127 Å². The number of hydrogen-bond acceptors (Lipinski definition) is 15. The zero-order chi connectivity index (χ0) is 50.9. The number of para-hydroxylation sites is 1. The van der Waals surface area contributed by atoms with Crippen LogP contribution in [0.3, 0.4) is 0 Å². The maximum atomic E-state index is 13.7. The molecule has 0 aliphatic carbocycles. The maximum Gasteiger partial charge on any atom is 0.343 e. The van der Waals surface area contributed by atoms with E-state index < -0.39 is 46.3 Å². The van der Waals surface area contributed by atoms with Crippen LogP contribution in [0.25, 0.3) is 10.2 Å². The first-order chi connectivity index (χ1) is 32.9. The molecule has 0 atom stereocenters. The molecule has 0 unspecified atom stereocenters. The average molecular weight is 970 g/mol. The Hall–Kier alpha value is -7.52. The Labute approximate surface area is 412 Å². The Morgan fingerprint density at radius 2 is 1.24 bits per heavy atom. The molecule has 0 aliphatic rings. The van der Waals surface area contributed by atoms with Gasteiger partial charge in [-0.15, -0.1) is 0 Å². The van der Waals surface area contributed by atoms with Crippen molar-refractivity contribution in [1.82, 2.24) is 4.98 Å². The number of fused-ring (bicyclic) bond motifs is 1. The summed E-state index contributed by atoms with van der Waals surface area (Å²) in [5.74, 6) is -0.414. The number of anilines is 1. The number of hydrogen-bond donors (Lipinski definition) is 1. The van der Waals surface area contributed by atoms with Crippen molar-refractivity contribution in [3.8, 4) is 28.7 Å². The van der Waals surface area contributed by atoms with Gasteiger partial charge in [-0.05, 0) is 166 Å². The van der Waals surface area contributed by atoms with Gasteiger partial charge in [0.1, 0.15) is 39.7 Å². The molecule has 1 aromatic heterocycles. The minimum Gasteiger partial charge on any atom is -0.488 e. The van der Waals surface area contributed by atoms with E-state index in [2.05, 4.69) is 22.1 Å². The number of rotatable bonds is 19. The Balaban J connectivity index is 1.08. The van der Waals surface area contributed by atoms with E-state index in [9.17, 15) is 19.2 Å². The average Bonchev–Trinajstić information content (AvgIpc) is 3.69. The topological polar surface area (TPSA) is 170 Å². The van der Waals surface area contributed by atoms with E-state index in [1.807, 2.05) is 79.7 Å². The van der Waals surface area contributed by atoms with Crippen LogP contribution in [-0.4, -0.2) is 64.1 Å². The monoisotopic (exact) mass is 969 g/mol. The highest BCUT2D eigenvalue weighted by molar-refractivity contribution is 7.22. The third-order valence-corrected chi connectivity index (χ3v) is 10.7. The Morgan fingerprint density at radius 1 is 0.643 bits per heavy atom. The SMILES string of the molecule is C=CC(=O)OC(C)(C)CC(C)(C)Oc1ccc(C(=O)Oc2ccc(C(=O)OCCc3ccc(OC(=O)c4ccc(OC(C)(C)C)c(OC(C)(C)C)c4)c(/C=N/Nc4nc5ccccc5s4)c3)cc2)cc1. The van der Waals surface area contributed by atoms with Gasteiger partial charge < -0.3 is 33.2 Å². The Morgan fingerprint density at radius 3 is 1.90 bits per heavy atom. The lowest BCUT2D eigenvalue weighted by atomic mass is 9.92.